The van der Waals surface area contributed by atoms with Crippen LogP contribution in [-0.2, 0) is 4.79 Å². The van der Waals surface area contributed by atoms with Crippen molar-refractivity contribution in [2.45, 2.75) is 44.1 Å². The van der Waals surface area contributed by atoms with Gasteiger partial charge in [-0.25, -0.2) is 4.79 Å². The van der Waals surface area contributed by atoms with E-state index in [9.17, 15) is 14.7 Å². The molecule has 37 heavy (non-hydrogen) atoms. The molecule has 2 fully saturated rings. The number of urea groups is 1. The lowest BCUT2D eigenvalue weighted by Crippen LogP contribution is -2.48. The van der Waals surface area contributed by atoms with Gasteiger partial charge >= 0.3 is 12.0 Å². The van der Waals surface area contributed by atoms with Gasteiger partial charge in [-0.2, -0.15) is 0 Å². The number of nitrogens with zero attached hydrogens (tertiary/aromatic N) is 2. The number of H-pyrrole nitrogens is 1. The number of hydrogen-bond donors (Lipinski definition) is 3. The smallest absolute Gasteiger partial charge is 0.321 e. The number of piperidine rings is 2. The van der Waals surface area contributed by atoms with Gasteiger partial charge in [0.05, 0.1) is 10.0 Å². The van der Waals surface area contributed by atoms with Crippen molar-refractivity contribution >= 4 is 51.8 Å². The molecule has 2 amide bonds. The summed E-state index contributed by atoms with van der Waals surface area (Å²) in [6.07, 6.45) is 6.24. The van der Waals surface area contributed by atoms with Crippen molar-refractivity contribution in [3.8, 4) is 0 Å². The van der Waals surface area contributed by atoms with Crippen LogP contribution in [0.3, 0.4) is 0 Å². The molecule has 1 unspecified atom stereocenters. The van der Waals surface area contributed by atoms with Crippen LogP contribution in [0.2, 0.25) is 10.0 Å². The van der Waals surface area contributed by atoms with Crippen molar-refractivity contribution < 1.29 is 14.7 Å². The molecule has 3 N–H and O–H groups in total. The number of benzene rings is 2. The van der Waals surface area contributed by atoms with Gasteiger partial charge in [0.25, 0.3) is 0 Å². The summed E-state index contributed by atoms with van der Waals surface area (Å²) < 4.78 is 0. The largest absolute Gasteiger partial charge is 0.480 e. The highest BCUT2D eigenvalue weighted by Crippen LogP contribution is 2.35. The summed E-state index contributed by atoms with van der Waals surface area (Å²) >= 11 is 12.0. The van der Waals surface area contributed by atoms with Crippen LogP contribution >= 0.6 is 23.2 Å². The lowest BCUT2D eigenvalue weighted by molar-refractivity contribution is -0.144. The van der Waals surface area contributed by atoms with Gasteiger partial charge in [0, 0.05) is 35.9 Å². The fourth-order valence-electron chi connectivity index (χ4n) is 5.82. The number of rotatable bonds is 6. The van der Waals surface area contributed by atoms with Crippen LogP contribution < -0.4 is 5.32 Å². The zero-order valence-corrected chi connectivity index (χ0v) is 22.1. The van der Waals surface area contributed by atoms with E-state index in [1.54, 1.807) is 23.1 Å². The van der Waals surface area contributed by atoms with E-state index in [0.717, 1.165) is 44.3 Å². The molecule has 0 saturated carbocycles. The molecular formula is C28H32Cl2N4O3. The van der Waals surface area contributed by atoms with Crippen LogP contribution in [0, 0.1) is 5.92 Å². The molecular weight excluding hydrogens is 511 g/mol. The van der Waals surface area contributed by atoms with E-state index in [4.69, 9.17) is 23.2 Å². The van der Waals surface area contributed by atoms with Crippen LogP contribution in [0.1, 0.15) is 43.6 Å². The number of carbonyl (C=O) groups excluding carboxylic acids is 1. The van der Waals surface area contributed by atoms with E-state index in [1.165, 1.54) is 10.9 Å². The summed E-state index contributed by atoms with van der Waals surface area (Å²) in [4.78, 5) is 32.2. The van der Waals surface area contributed by atoms with Gasteiger partial charge in [0.15, 0.2) is 0 Å². The predicted octanol–water partition coefficient (Wildman–Crippen LogP) is 6.44. The molecule has 0 bridgehead atoms. The molecule has 196 valence electrons. The topological polar surface area (TPSA) is 88.7 Å². The highest BCUT2D eigenvalue weighted by molar-refractivity contribution is 6.42. The van der Waals surface area contributed by atoms with Crippen molar-refractivity contribution in [2.75, 3.05) is 31.5 Å². The van der Waals surface area contributed by atoms with Crippen LogP contribution in [0.4, 0.5) is 10.5 Å². The number of amides is 2. The number of aliphatic carboxylic acids is 1. The highest BCUT2D eigenvalue weighted by Gasteiger charge is 2.34. The first kappa shape index (κ1) is 25.9. The zero-order chi connectivity index (χ0) is 25.9. The maximum absolute atomic E-state index is 12.7. The fourth-order valence-corrected chi connectivity index (χ4v) is 6.12. The minimum Gasteiger partial charge on any atom is -0.480 e. The summed E-state index contributed by atoms with van der Waals surface area (Å²) in [6, 6.07) is 12.7. The number of fused-ring (bicyclic) bond motifs is 1. The van der Waals surface area contributed by atoms with Gasteiger partial charge in [-0.05, 0) is 86.9 Å². The van der Waals surface area contributed by atoms with Crippen LogP contribution in [0.15, 0.2) is 48.7 Å². The second-order valence-electron chi connectivity index (χ2n) is 10.2. The number of carboxylic acids is 1. The van der Waals surface area contributed by atoms with Crippen molar-refractivity contribution in [3.05, 3.63) is 64.3 Å². The highest BCUT2D eigenvalue weighted by atomic mass is 35.5. The number of aromatic nitrogens is 1. The molecule has 2 aliphatic rings. The number of carbonyl (C=O) groups is 2. The van der Waals surface area contributed by atoms with E-state index < -0.39 is 12.0 Å². The molecule has 0 spiro atoms. The number of para-hydroxylation sites is 1. The predicted molar refractivity (Wildman–Crippen MR) is 148 cm³/mol. The first-order chi connectivity index (χ1) is 17.9. The average Bonchev–Trinajstić information content (AvgIpc) is 3.34. The number of hydrogen-bond acceptors (Lipinski definition) is 3. The fraction of sp³-hybridized carbons (Fsp3) is 0.429. The third-order valence-electron chi connectivity index (χ3n) is 7.95. The summed E-state index contributed by atoms with van der Waals surface area (Å²) in [6.45, 7) is 2.78. The second kappa shape index (κ2) is 11.3. The molecule has 0 radical (unpaired) electrons. The Labute approximate surface area is 226 Å². The minimum atomic E-state index is -0.745. The summed E-state index contributed by atoms with van der Waals surface area (Å²) in [5, 5.41) is 15.0. The molecule has 5 rings (SSSR count). The number of aromatic amines is 1. The van der Waals surface area contributed by atoms with E-state index >= 15 is 0 Å². The van der Waals surface area contributed by atoms with Crippen LogP contribution in [0.25, 0.3) is 10.9 Å². The molecule has 3 aromatic rings. The van der Waals surface area contributed by atoms with E-state index in [2.05, 4.69) is 39.6 Å². The molecule has 0 aliphatic carbocycles. The Kier molecular flexibility index (Phi) is 7.93. The molecule has 2 saturated heterocycles. The Hall–Kier alpha value is -2.74. The maximum Gasteiger partial charge on any atom is 0.321 e. The number of nitrogens with one attached hydrogen (secondary N) is 2. The number of halogens is 2. The molecule has 3 heterocycles. The Bertz CT molecular complexity index is 1260. The Morgan fingerprint density at radius 2 is 1.73 bits per heavy atom. The van der Waals surface area contributed by atoms with E-state index in [0.29, 0.717) is 41.2 Å². The van der Waals surface area contributed by atoms with Crippen molar-refractivity contribution in [3.63, 3.8) is 0 Å². The zero-order valence-electron chi connectivity index (χ0n) is 20.6. The molecule has 2 aromatic carbocycles. The lowest BCUT2D eigenvalue weighted by Gasteiger charge is -2.38. The summed E-state index contributed by atoms with van der Waals surface area (Å²) in [5.41, 5.74) is 3.09. The van der Waals surface area contributed by atoms with Crippen molar-refractivity contribution in [1.29, 1.82) is 0 Å². The molecule has 1 aromatic heterocycles. The lowest BCUT2D eigenvalue weighted by atomic mass is 9.86. The number of likely N-dealkylation sites (tertiary alicyclic amines) is 2. The van der Waals surface area contributed by atoms with Gasteiger partial charge in [-0.3, -0.25) is 9.69 Å². The minimum absolute atomic E-state index is 0.175. The quantitative estimate of drug-likeness (QED) is 0.334. The van der Waals surface area contributed by atoms with Gasteiger partial charge in [0.1, 0.15) is 6.04 Å². The standard InChI is InChI=1S/C28H32Cl2N4O3/c29-23-6-5-20(16-24(23)30)32-28(37)34-11-7-18(8-12-34)15-26(27(35)36)33-13-9-19(10-14-33)22-17-31-25-4-2-1-3-21(22)25/h1-6,16-19,26,31H,7-15H2,(H,32,37)(H,35,36). The number of carboxylic acid groups (broad SMARTS) is 1. The third kappa shape index (κ3) is 5.89. The first-order valence-corrected chi connectivity index (χ1v) is 13.7. The normalized spacial score (nSPS) is 18.7. The molecule has 1 atom stereocenters. The second-order valence-corrected chi connectivity index (χ2v) is 11.0. The van der Waals surface area contributed by atoms with E-state index in [-0.39, 0.29) is 11.9 Å². The average molecular weight is 543 g/mol. The SMILES string of the molecule is O=C(O)C(CC1CCN(C(=O)Nc2ccc(Cl)c(Cl)c2)CC1)N1CCC(c2c[nH]c3ccccc23)CC1. The van der Waals surface area contributed by atoms with Gasteiger partial charge in [0.2, 0.25) is 0 Å². The Balaban J connectivity index is 1.12. The number of anilines is 1. The van der Waals surface area contributed by atoms with Gasteiger partial charge < -0.3 is 20.3 Å². The molecule has 2 aliphatic heterocycles. The van der Waals surface area contributed by atoms with Crippen molar-refractivity contribution in [1.82, 2.24) is 14.8 Å². The van der Waals surface area contributed by atoms with Crippen molar-refractivity contribution in [2.24, 2.45) is 5.92 Å². The first-order valence-electron chi connectivity index (χ1n) is 12.9. The van der Waals surface area contributed by atoms with Crippen LogP contribution in [0.5, 0.6) is 0 Å². The molecule has 9 heteroatoms. The van der Waals surface area contributed by atoms with Crippen LogP contribution in [-0.4, -0.2) is 64.1 Å². The monoisotopic (exact) mass is 542 g/mol. The Morgan fingerprint density at radius 1 is 1.00 bits per heavy atom. The third-order valence-corrected chi connectivity index (χ3v) is 8.68. The summed E-state index contributed by atoms with van der Waals surface area (Å²) in [5.74, 6) is -0.0223. The van der Waals surface area contributed by atoms with Gasteiger partial charge in [-0.1, -0.05) is 41.4 Å². The Morgan fingerprint density at radius 3 is 2.43 bits per heavy atom. The van der Waals surface area contributed by atoms with E-state index in [1.807, 2.05) is 6.07 Å². The summed E-state index contributed by atoms with van der Waals surface area (Å²) in [7, 11) is 0. The molecule has 7 nitrogen and oxygen atoms in total. The maximum atomic E-state index is 12.7. The van der Waals surface area contributed by atoms with Gasteiger partial charge in [-0.15, -0.1) is 0 Å².